The van der Waals surface area contributed by atoms with Gasteiger partial charge < -0.3 is 15.7 Å². The molecule has 5 nitrogen and oxygen atoms in total. The smallest absolute Gasteiger partial charge is 0.313 e. The zero-order chi connectivity index (χ0) is 14.4. The summed E-state index contributed by atoms with van der Waals surface area (Å²) in [5, 5.41) is 14.0. The maximum atomic E-state index is 11.7. The number of anilines is 1. The van der Waals surface area contributed by atoms with Crippen LogP contribution in [-0.2, 0) is 9.59 Å². The molecule has 0 aliphatic heterocycles. The van der Waals surface area contributed by atoms with Crippen molar-refractivity contribution in [1.29, 1.82) is 0 Å². The summed E-state index contributed by atoms with van der Waals surface area (Å²) in [5.74, 6) is -1.49. The van der Waals surface area contributed by atoms with Gasteiger partial charge in [-0.05, 0) is 31.0 Å². The van der Waals surface area contributed by atoms with Crippen LogP contribution in [-0.4, -0.2) is 29.6 Å². The number of benzene rings is 1. The molecular weight excluding hydrogens is 312 g/mol. The Hall–Kier alpha value is -1.40. The lowest BCUT2D eigenvalue weighted by Crippen LogP contribution is -2.43. The molecule has 0 heterocycles. The van der Waals surface area contributed by atoms with Crippen LogP contribution in [0.5, 0.6) is 0 Å². The number of rotatable bonds is 4. The van der Waals surface area contributed by atoms with E-state index in [-0.39, 0.29) is 6.61 Å². The Morgan fingerprint density at radius 3 is 2.63 bits per heavy atom. The van der Waals surface area contributed by atoms with Gasteiger partial charge in [-0.2, -0.15) is 0 Å². The number of amides is 2. The van der Waals surface area contributed by atoms with Crippen LogP contribution in [0.3, 0.4) is 0 Å². The van der Waals surface area contributed by atoms with Crippen molar-refractivity contribution in [2.24, 2.45) is 0 Å². The first kappa shape index (κ1) is 15.7. The lowest BCUT2D eigenvalue weighted by atomic mass is 10.2. The fraction of sp³-hybridized carbons (Fsp3) is 0.385. The number of halogens is 1. The second-order valence-corrected chi connectivity index (χ2v) is 5.09. The van der Waals surface area contributed by atoms with Gasteiger partial charge in [-0.1, -0.05) is 28.9 Å². The molecule has 0 saturated heterocycles. The van der Waals surface area contributed by atoms with Gasteiger partial charge >= 0.3 is 11.8 Å². The van der Waals surface area contributed by atoms with Gasteiger partial charge in [0.15, 0.2) is 0 Å². The highest BCUT2D eigenvalue weighted by atomic mass is 79.9. The molecular formula is C13H17BrN2O3. The number of aliphatic hydroxyl groups excluding tert-OH is 1. The molecule has 19 heavy (non-hydrogen) atoms. The van der Waals surface area contributed by atoms with E-state index in [0.29, 0.717) is 12.1 Å². The maximum absolute atomic E-state index is 11.7. The highest BCUT2D eigenvalue weighted by molar-refractivity contribution is 9.10. The molecule has 0 aromatic heterocycles. The molecule has 104 valence electrons. The van der Waals surface area contributed by atoms with Crippen LogP contribution in [0.25, 0.3) is 0 Å². The Bertz CT molecular complexity index is 473. The van der Waals surface area contributed by atoms with Crippen LogP contribution < -0.4 is 10.6 Å². The quantitative estimate of drug-likeness (QED) is 0.734. The lowest BCUT2D eigenvalue weighted by Gasteiger charge is -2.14. The summed E-state index contributed by atoms with van der Waals surface area (Å²) in [6, 6.07) is 5.01. The van der Waals surface area contributed by atoms with Crippen molar-refractivity contribution in [1.82, 2.24) is 5.32 Å². The molecule has 0 aliphatic rings. The molecule has 6 heteroatoms. The molecule has 1 atom stereocenters. The first-order chi connectivity index (χ1) is 8.97. The van der Waals surface area contributed by atoms with Gasteiger partial charge in [-0.3, -0.25) is 9.59 Å². The van der Waals surface area contributed by atoms with Crippen molar-refractivity contribution in [3.05, 3.63) is 28.2 Å². The van der Waals surface area contributed by atoms with E-state index < -0.39 is 17.9 Å². The van der Waals surface area contributed by atoms with Crippen LogP contribution in [0, 0.1) is 6.92 Å². The molecule has 3 N–H and O–H groups in total. The number of carbonyl (C=O) groups excluding carboxylic acids is 2. The van der Waals surface area contributed by atoms with Crippen molar-refractivity contribution in [3.8, 4) is 0 Å². The molecule has 0 aliphatic carbocycles. The Kier molecular flexibility index (Phi) is 5.98. The van der Waals surface area contributed by atoms with E-state index in [4.69, 9.17) is 5.11 Å². The molecule has 0 bridgehead atoms. The maximum Gasteiger partial charge on any atom is 0.313 e. The van der Waals surface area contributed by atoms with E-state index in [0.717, 1.165) is 10.0 Å². The van der Waals surface area contributed by atoms with Gasteiger partial charge in [-0.25, -0.2) is 0 Å². The van der Waals surface area contributed by atoms with Gasteiger partial charge in [0.05, 0.1) is 12.6 Å². The van der Waals surface area contributed by atoms with Crippen molar-refractivity contribution < 1.29 is 14.7 Å². The zero-order valence-corrected chi connectivity index (χ0v) is 12.5. The largest absolute Gasteiger partial charge is 0.394 e. The highest BCUT2D eigenvalue weighted by Gasteiger charge is 2.17. The lowest BCUT2D eigenvalue weighted by molar-refractivity contribution is -0.136. The molecule has 1 rings (SSSR count). The number of aryl methyl sites for hydroxylation is 1. The van der Waals surface area contributed by atoms with Crippen LogP contribution in [0.4, 0.5) is 5.69 Å². The minimum atomic E-state index is -0.750. The summed E-state index contributed by atoms with van der Waals surface area (Å²) in [7, 11) is 0. The van der Waals surface area contributed by atoms with E-state index in [2.05, 4.69) is 26.6 Å². The van der Waals surface area contributed by atoms with Crippen LogP contribution in [0.15, 0.2) is 22.7 Å². The van der Waals surface area contributed by atoms with E-state index >= 15 is 0 Å². The summed E-state index contributed by atoms with van der Waals surface area (Å²) >= 11 is 3.30. The van der Waals surface area contributed by atoms with Crippen molar-refractivity contribution in [3.63, 3.8) is 0 Å². The van der Waals surface area contributed by atoms with Gasteiger partial charge in [0.25, 0.3) is 0 Å². The van der Waals surface area contributed by atoms with Crippen molar-refractivity contribution in [2.75, 3.05) is 11.9 Å². The summed E-state index contributed by atoms with van der Waals surface area (Å²) in [6.45, 7) is 3.46. The van der Waals surface area contributed by atoms with Crippen LogP contribution >= 0.6 is 15.9 Å². The van der Waals surface area contributed by atoms with Crippen molar-refractivity contribution in [2.45, 2.75) is 26.3 Å². The van der Waals surface area contributed by atoms with Crippen molar-refractivity contribution >= 4 is 33.4 Å². The summed E-state index contributed by atoms with van der Waals surface area (Å²) in [5.41, 5.74) is 1.44. The molecule has 1 aromatic carbocycles. The monoisotopic (exact) mass is 328 g/mol. The molecule has 0 spiro atoms. The van der Waals surface area contributed by atoms with E-state index in [1.807, 2.05) is 26.0 Å². The number of aliphatic hydroxyl groups is 1. The SMILES string of the molecule is CCC(CO)NC(=O)C(=O)Nc1cc(Br)ccc1C. The second-order valence-electron chi connectivity index (χ2n) is 4.17. The van der Waals surface area contributed by atoms with Gasteiger partial charge in [0.2, 0.25) is 0 Å². The number of hydrogen-bond donors (Lipinski definition) is 3. The summed E-state index contributed by atoms with van der Waals surface area (Å²) < 4.78 is 0.815. The van der Waals surface area contributed by atoms with Gasteiger partial charge in [-0.15, -0.1) is 0 Å². The zero-order valence-electron chi connectivity index (χ0n) is 10.9. The van der Waals surface area contributed by atoms with Crippen LogP contribution in [0.1, 0.15) is 18.9 Å². The Morgan fingerprint density at radius 1 is 1.37 bits per heavy atom. The van der Waals surface area contributed by atoms with E-state index in [9.17, 15) is 9.59 Å². The molecule has 0 saturated carbocycles. The number of carbonyl (C=O) groups is 2. The first-order valence-electron chi connectivity index (χ1n) is 5.96. The Balaban J connectivity index is 2.69. The highest BCUT2D eigenvalue weighted by Crippen LogP contribution is 2.20. The van der Waals surface area contributed by atoms with Gasteiger partial charge in [0.1, 0.15) is 0 Å². The van der Waals surface area contributed by atoms with E-state index in [1.165, 1.54) is 0 Å². The fourth-order valence-corrected chi connectivity index (χ4v) is 1.80. The topological polar surface area (TPSA) is 78.4 Å². The minimum Gasteiger partial charge on any atom is -0.394 e. The third-order valence-electron chi connectivity index (χ3n) is 2.70. The third kappa shape index (κ3) is 4.65. The second kappa shape index (κ2) is 7.25. The van der Waals surface area contributed by atoms with E-state index in [1.54, 1.807) is 6.07 Å². The average molecular weight is 329 g/mol. The Labute approximate surface area is 120 Å². The normalized spacial score (nSPS) is 11.8. The number of hydrogen-bond acceptors (Lipinski definition) is 3. The molecule has 0 radical (unpaired) electrons. The van der Waals surface area contributed by atoms with Gasteiger partial charge in [0, 0.05) is 10.2 Å². The minimum absolute atomic E-state index is 0.189. The molecule has 1 aromatic rings. The standard InChI is InChI=1S/C13H17BrN2O3/c1-3-10(7-17)15-12(18)13(19)16-11-6-9(14)5-4-8(11)2/h4-6,10,17H,3,7H2,1-2H3,(H,15,18)(H,16,19). The predicted octanol–water partition coefficient (Wildman–Crippen LogP) is 1.58. The summed E-state index contributed by atoms with van der Waals surface area (Å²) in [6.07, 6.45) is 0.561. The van der Waals surface area contributed by atoms with Crippen LogP contribution in [0.2, 0.25) is 0 Å². The third-order valence-corrected chi connectivity index (χ3v) is 3.20. The first-order valence-corrected chi connectivity index (χ1v) is 6.76. The summed E-state index contributed by atoms with van der Waals surface area (Å²) in [4.78, 5) is 23.3. The molecule has 0 fully saturated rings. The average Bonchev–Trinajstić information content (AvgIpc) is 2.39. The Morgan fingerprint density at radius 2 is 2.05 bits per heavy atom. The fourth-order valence-electron chi connectivity index (χ4n) is 1.44. The number of nitrogens with one attached hydrogen (secondary N) is 2. The molecule has 2 amide bonds. The molecule has 1 unspecified atom stereocenters. The predicted molar refractivity (Wildman–Crippen MR) is 76.8 cm³/mol.